The Morgan fingerprint density at radius 2 is 1.16 bits per heavy atom. The number of aromatic nitrogens is 2. The maximum absolute atomic E-state index is 5.54. The zero-order valence-electron chi connectivity index (χ0n) is 18.8. The summed E-state index contributed by atoms with van der Waals surface area (Å²) in [5, 5.41) is 2.58. The lowest BCUT2D eigenvalue weighted by molar-refractivity contribution is 0.414. The van der Waals surface area contributed by atoms with E-state index in [1.54, 1.807) is 7.11 Å². The second-order valence-corrected chi connectivity index (χ2v) is 8.57. The van der Waals surface area contributed by atoms with Crippen molar-refractivity contribution < 1.29 is 4.74 Å². The molecule has 0 fully saturated rings. The molecule has 0 saturated heterocycles. The maximum atomic E-state index is 5.54. The SMILES string of the molecule is COc1cccc(C(c2ccc3c(C)c(C)[nH]c3c2)c2ccc3c(C)c(C)[nH]c3c2)c1. The van der Waals surface area contributed by atoms with Crippen molar-refractivity contribution in [3.63, 3.8) is 0 Å². The average Bonchev–Trinajstić information content (AvgIpc) is 3.22. The molecule has 0 amide bonds. The molecule has 0 radical (unpaired) electrons. The largest absolute Gasteiger partial charge is 0.497 e. The van der Waals surface area contributed by atoms with Gasteiger partial charge in [-0.3, -0.25) is 0 Å². The standard InChI is InChI=1S/C28H28N2O/c1-16-18(3)29-26-14-21(9-11-24(16)26)28(20-7-6-8-23(13-20)31-5)22-10-12-25-17(2)19(4)30-27(25)15-22/h6-15,28-30H,1-5H3. The third kappa shape index (κ3) is 3.21. The third-order valence-electron chi connectivity index (χ3n) is 6.76. The Hall–Kier alpha value is -3.46. The summed E-state index contributed by atoms with van der Waals surface area (Å²) < 4.78 is 5.54. The van der Waals surface area contributed by atoms with E-state index in [2.05, 4.69) is 92.3 Å². The third-order valence-corrected chi connectivity index (χ3v) is 6.76. The summed E-state index contributed by atoms with van der Waals surface area (Å²) in [7, 11) is 1.72. The van der Waals surface area contributed by atoms with E-state index < -0.39 is 0 Å². The number of rotatable bonds is 4. The van der Waals surface area contributed by atoms with E-state index in [0.29, 0.717) is 0 Å². The van der Waals surface area contributed by atoms with Gasteiger partial charge < -0.3 is 14.7 Å². The Kier molecular flexibility index (Phi) is 4.62. The van der Waals surface area contributed by atoms with Crippen molar-refractivity contribution in [2.75, 3.05) is 7.11 Å². The number of methoxy groups -OCH3 is 1. The molecule has 0 unspecified atom stereocenters. The van der Waals surface area contributed by atoms with Crippen LogP contribution < -0.4 is 4.74 Å². The van der Waals surface area contributed by atoms with Crippen molar-refractivity contribution in [1.82, 2.24) is 9.97 Å². The molecule has 2 N–H and O–H groups in total. The molecule has 5 aromatic rings. The number of aromatic amines is 2. The van der Waals surface area contributed by atoms with E-state index in [0.717, 1.165) is 5.75 Å². The molecule has 3 heteroatoms. The summed E-state index contributed by atoms with van der Waals surface area (Å²) in [5.41, 5.74) is 11.2. The van der Waals surface area contributed by atoms with Gasteiger partial charge in [0.05, 0.1) is 7.11 Å². The Morgan fingerprint density at radius 1 is 0.645 bits per heavy atom. The summed E-state index contributed by atoms with van der Waals surface area (Å²) in [4.78, 5) is 7.11. The van der Waals surface area contributed by atoms with Gasteiger partial charge in [0, 0.05) is 39.1 Å². The number of hydrogen-bond acceptors (Lipinski definition) is 1. The molecule has 156 valence electrons. The van der Waals surface area contributed by atoms with Crippen LogP contribution in [0, 0.1) is 27.7 Å². The van der Waals surface area contributed by atoms with Crippen LogP contribution in [0.15, 0.2) is 60.7 Å². The van der Waals surface area contributed by atoms with Gasteiger partial charge in [-0.05, 0) is 79.8 Å². The first-order valence-corrected chi connectivity index (χ1v) is 10.8. The van der Waals surface area contributed by atoms with Crippen molar-refractivity contribution in [1.29, 1.82) is 0 Å². The van der Waals surface area contributed by atoms with E-state index in [4.69, 9.17) is 4.74 Å². The Balaban J connectivity index is 1.73. The molecule has 0 aliphatic carbocycles. The lowest BCUT2D eigenvalue weighted by Gasteiger charge is -2.20. The van der Waals surface area contributed by atoms with Crippen molar-refractivity contribution in [2.45, 2.75) is 33.6 Å². The molecule has 0 aliphatic heterocycles. The predicted molar refractivity (Wildman–Crippen MR) is 129 cm³/mol. The van der Waals surface area contributed by atoms with Crippen molar-refractivity contribution in [3.8, 4) is 5.75 Å². The Labute approximate surface area is 183 Å². The fourth-order valence-electron chi connectivity index (χ4n) is 4.74. The predicted octanol–water partition coefficient (Wildman–Crippen LogP) is 7.07. The monoisotopic (exact) mass is 408 g/mol. The number of hydrogen-bond donors (Lipinski definition) is 2. The lowest BCUT2D eigenvalue weighted by Crippen LogP contribution is -2.04. The van der Waals surface area contributed by atoms with Gasteiger partial charge in [-0.1, -0.05) is 36.4 Å². The molecule has 0 saturated carbocycles. The molecule has 0 spiro atoms. The van der Waals surface area contributed by atoms with E-state index >= 15 is 0 Å². The highest BCUT2D eigenvalue weighted by molar-refractivity contribution is 5.87. The number of nitrogens with one attached hydrogen (secondary N) is 2. The van der Waals surface area contributed by atoms with Crippen LogP contribution in [-0.2, 0) is 0 Å². The van der Waals surface area contributed by atoms with Gasteiger partial charge in [0.2, 0.25) is 0 Å². The molecule has 5 rings (SSSR count). The van der Waals surface area contributed by atoms with Crippen molar-refractivity contribution >= 4 is 21.8 Å². The van der Waals surface area contributed by atoms with E-state index in [-0.39, 0.29) is 5.92 Å². The first-order valence-electron chi connectivity index (χ1n) is 10.8. The van der Waals surface area contributed by atoms with Crippen LogP contribution in [0.5, 0.6) is 5.75 Å². The van der Waals surface area contributed by atoms with Gasteiger partial charge in [0.1, 0.15) is 5.75 Å². The van der Waals surface area contributed by atoms with Crippen molar-refractivity contribution in [2.24, 2.45) is 0 Å². The summed E-state index contributed by atoms with van der Waals surface area (Å²) in [6, 6.07) is 22.0. The first kappa shape index (κ1) is 19.5. The molecular weight excluding hydrogens is 380 g/mol. The van der Waals surface area contributed by atoms with E-state index in [9.17, 15) is 0 Å². The topological polar surface area (TPSA) is 40.8 Å². The van der Waals surface area contributed by atoms with Crippen LogP contribution in [-0.4, -0.2) is 17.1 Å². The highest BCUT2D eigenvalue weighted by Gasteiger charge is 2.20. The minimum Gasteiger partial charge on any atom is -0.497 e. The van der Waals surface area contributed by atoms with Gasteiger partial charge in [0.15, 0.2) is 0 Å². The van der Waals surface area contributed by atoms with Crippen LogP contribution in [0.4, 0.5) is 0 Å². The molecule has 31 heavy (non-hydrogen) atoms. The molecule has 0 atom stereocenters. The zero-order chi connectivity index (χ0) is 21.7. The van der Waals surface area contributed by atoms with Crippen LogP contribution in [0.2, 0.25) is 0 Å². The van der Waals surface area contributed by atoms with Gasteiger partial charge in [0.25, 0.3) is 0 Å². The first-order chi connectivity index (χ1) is 15.0. The average molecular weight is 409 g/mol. The number of H-pyrrole nitrogens is 2. The molecule has 0 aliphatic rings. The lowest BCUT2D eigenvalue weighted by atomic mass is 9.84. The maximum Gasteiger partial charge on any atom is 0.119 e. The number of aryl methyl sites for hydroxylation is 4. The number of benzene rings is 3. The van der Waals surface area contributed by atoms with Crippen molar-refractivity contribution in [3.05, 3.63) is 99.9 Å². The minimum absolute atomic E-state index is 0.108. The quantitative estimate of drug-likeness (QED) is 0.307. The van der Waals surface area contributed by atoms with Crippen LogP contribution in [0.3, 0.4) is 0 Å². The molecule has 3 aromatic carbocycles. The van der Waals surface area contributed by atoms with E-state index in [1.165, 1.54) is 61.0 Å². The second kappa shape index (κ2) is 7.35. The molecule has 0 bridgehead atoms. The summed E-state index contributed by atoms with van der Waals surface area (Å²) in [6.45, 7) is 8.63. The zero-order valence-corrected chi connectivity index (χ0v) is 18.8. The smallest absolute Gasteiger partial charge is 0.119 e. The summed E-state index contributed by atoms with van der Waals surface area (Å²) in [5.74, 6) is 0.986. The van der Waals surface area contributed by atoms with Crippen LogP contribution in [0.25, 0.3) is 21.8 Å². The molecule has 2 heterocycles. The summed E-state index contributed by atoms with van der Waals surface area (Å²) in [6.07, 6.45) is 0. The summed E-state index contributed by atoms with van der Waals surface area (Å²) >= 11 is 0. The van der Waals surface area contributed by atoms with Crippen LogP contribution in [0.1, 0.15) is 45.1 Å². The van der Waals surface area contributed by atoms with Gasteiger partial charge in [-0.2, -0.15) is 0 Å². The molecular formula is C28H28N2O. The van der Waals surface area contributed by atoms with Gasteiger partial charge >= 0.3 is 0 Å². The fourth-order valence-corrected chi connectivity index (χ4v) is 4.74. The second-order valence-electron chi connectivity index (χ2n) is 8.57. The Bertz CT molecular complexity index is 1330. The normalized spacial score (nSPS) is 11.7. The van der Waals surface area contributed by atoms with E-state index in [1.807, 2.05) is 6.07 Å². The fraction of sp³-hybridized carbons (Fsp3) is 0.214. The van der Waals surface area contributed by atoms with Crippen LogP contribution >= 0.6 is 0 Å². The minimum atomic E-state index is 0.108. The van der Waals surface area contributed by atoms with Gasteiger partial charge in [-0.15, -0.1) is 0 Å². The Morgan fingerprint density at radius 3 is 1.68 bits per heavy atom. The highest BCUT2D eigenvalue weighted by Crippen LogP contribution is 2.37. The number of fused-ring (bicyclic) bond motifs is 2. The highest BCUT2D eigenvalue weighted by atomic mass is 16.5. The number of ether oxygens (including phenoxy) is 1. The van der Waals surface area contributed by atoms with Gasteiger partial charge in [-0.25, -0.2) is 0 Å². The molecule has 2 aromatic heterocycles. The molecule has 3 nitrogen and oxygen atoms in total.